The molecule has 1 rings (SSSR count). The van der Waals surface area contributed by atoms with Crippen LogP contribution in [0.2, 0.25) is 5.15 Å². The SMILES string of the molecule is Cc1cc(C(C)(C)CCN)cnc1Cl. The molecule has 0 aromatic carbocycles. The predicted octanol–water partition coefficient (Wildman–Crippen LogP) is 2.67. The number of hydrogen-bond acceptors (Lipinski definition) is 2. The van der Waals surface area contributed by atoms with Gasteiger partial charge in [0.15, 0.2) is 0 Å². The molecule has 0 aliphatic rings. The molecule has 0 unspecified atom stereocenters. The maximum absolute atomic E-state index is 5.87. The second-order valence-corrected chi connectivity index (χ2v) is 4.61. The highest BCUT2D eigenvalue weighted by atomic mass is 35.5. The van der Waals surface area contributed by atoms with E-state index in [0.717, 1.165) is 12.0 Å². The van der Waals surface area contributed by atoms with Crippen molar-refractivity contribution in [2.75, 3.05) is 6.54 Å². The lowest BCUT2D eigenvalue weighted by atomic mass is 9.82. The first-order valence-corrected chi connectivity index (χ1v) is 5.18. The first kappa shape index (κ1) is 11.5. The maximum Gasteiger partial charge on any atom is 0.131 e. The van der Waals surface area contributed by atoms with Gasteiger partial charge in [0.2, 0.25) is 0 Å². The lowest BCUT2D eigenvalue weighted by Crippen LogP contribution is -2.22. The third kappa shape index (κ3) is 2.46. The topological polar surface area (TPSA) is 38.9 Å². The van der Waals surface area contributed by atoms with E-state index in [1.165, 1.54) is 5.56 Å². The van der Waals surface area contributed by atoms with Crippen molar-refractivity contribution in [3.63, 3.8) is 0 Å². The molecule has 0 aliphatic heterocycles. The summed E-state index contributed by atoms with van der Waals surface area (Å²) in [7, 11) is 0. The van der Waals surface area contributed by atoms with E-state index in [4.69, 9.17) is 17.3 Å². The summed E-state index contributed by atoms with van der Waals surface area (Å²) in [5.74, 6) is 0. The van der Waals surface area contributed by atoms with Gasteiger partial charge in [-0.3, -0.25) is 0 Å². The summed E-state index contributed by atoms with van der Waals surface area (Å²) in [6.07, 6.45) is 2.79. The maximum atomic E-state index is 5.87. The summed E-state index contributed by atoms with van der Waals surface area (Å²) in [4.78, 5) is 4.15. The fourth-order valence-electron chi connectivity index (χ4n) is 1.43. The van der Waals surface area contributed by atoms with Crippen molar-refractivity contribution in [1.82, 2.24) is 4.98 Å². The smallest absolute Gasteiger partial charge is 0.131 e. The molecule has 0 aliphatic carbocycles. The third-order valence-electron chi connectivity index (χ3n) is 2.57. The van der Waals surface area contributed by atoms with Crippen molar-refractivity contribution >= 4 is 11.6 Å². The van der Waals surface area contributed by atoms with E-state index in [2.05, 4.69) is 24.9 Å². The van der Waals surface area contributed by atoms with Crippen LogP contribution in [0.4, 0.5) is 0 Å². The van der Waals surface area contributed by atoms with Crippen LogP contribution < -0.4 is 5.73 Å². The molecule has 1 aromatic heterocycles. The highest BCUT2D eigenvalue weighted by Gasteiger charge is 2.20. The molecule has 0 bridgehead atoms. The largest absolute Gasteiger partial charge is 0.330 e. The Kier molecular flexibility index (Phi) is 3.51. The number of pyridine rings is 1. The van der Waals surface area contributed by atoms with Crippen LogP contribution in [0.3, 0.4) is 0 Å². The van der Waals surface area contributed by atoms with Gasteiger partial charge in [0.05, 0.1) is 0 Å². The van der Waals surface area contributed by atoms with Crippen LogP contribution in [0.25, 0.3) is 0 Å². The van der Waals surface area contributed by atoms with Crippen molar-refractivity contribution in [3.8, 4) is 0 Å². The van der Waals surface area contributed by atoms with Gasteiger partial charge in [-0.1, -0.05) is 31.5 Å². The van der Waals surface area contributed by atoms with Crippen LogP contribution in [-0.2, 0) is 5.41 Å². The monoisotopic (exact) mass is 212 g/mol. The quantitative estimate of drug-likeness (QED) is 0.783. The molecule has 0 saturated heterocycles. The van der Waals surface area contributed by atoms with Gasteiger partial charge in [0.1, 0.15) is 5.15 Å². The van der Waals surface area contributed by atoms with E-state index in [9.17, 15) is 0 Å². The molecule has 14 heavy (non-hydrogen) atoms. The van der Waals surface area contributed by atoms with Gasteiger partial charge in [0, 0.05) is 6.20 Å². The Morgan fingerprint density at radius 1 is 1.50 bits per heavy atom. The van der Waals surface area contributed by atoms with Crippen molar-refractivity contribution in [2.24, 2.45) is 5.73 Å². The molecule has 2 N–H and O–H groups in total. The zero-order chi connectivity index (χ0) is 10.8. The third-order valence-corrected chi connectivity index (χ3v) is 2.96. The Morgan fingerprint density at radius 3 is 2.64 bits per heavy atom. The number of hydrogen-bond donors (Lipinski definition) is 1. The van der Waals surface area contributed by atoms with E-state index in [1.807, 2.05) is 13.1 Å². The molecule has 0 radical (unpaired) electrons. The molecule has 3 heteroatoms. The minimum atomic E-state index is 0.0805. The van der Waals surface area contributed by atoms with Crippen LogP contribution in [0.5, 0.6) is 0 Å². The van der Waals surface area contributed by atoms with Crippen LogP contribution >= 0.6 is 11.6 Å². The van der Waals surface area contributed by atoms with Crippen molar-refractivity contribution < 1.29 is 0 Å². The number of aryl methyl sites for hydroxylation is 1. The van der Waals surface area contributed by atoms with Gasteiger partial charge < -0.3 is 5.73 Å². The first-order valence-electron chi connectivity index (χ1n) is 4.80. The molecule has 1 heterocycles. The summed E-state index contributed by atoms with van der Waals surface area (Å²) in [6.45, 7) is 7.00. The van der Waals surface area contributed by atoms with Crippen LogP contribution in [0, 0.1) is 6.92 Å². The van der Waals surface area contributed by atoms with Crippen LogP contribution in [-0.4, -0.2) is 11.5 Å². The Balaban J connectivity index is 3.01. The fourth-order valence-corrected chi connectivity index (χ4v) is 1.54. The average molecular weight is 213 g/mol. The molecular formula is C11H17ClN2. The Hall–Kier alpha value is -0.600. The second kappa shape index (κ2) is 4.28. The number of nitrogens with two attached hydrogens (primary N) is 1. The number of nitrogens with zero attached hydrogens (tertiary/aromatic N) is 1. The van der Waals surface area contributed by atoms with Gasteiger partial charge in [-0.25, -0.2) is 4.98 Å². The van der Waals surface area contributed by atoms with Gasteiger partial charge >= 0.3 is 0 Å². The molecular weight excluding hydrogens is 196 g/mol. The zero-order valence-electron chi connectivity index (χ0n) is 8.97. The van der Waals surface area contributed by atoms with E-state index in [0.29, 0.717) is 11.7 Å². The summed E-state index contributed by atoms with van der Waals surface area (Å²) >= 11 is 5.87. The van der Waals surface area contributed by atoms with Crippen molar-refractivity contribution in [2.45, 2.75) is 32.6 Å². The number of aromatic nitrogens is 1. The molecule has 0 saturated carbocycles. The lowest BCUT2D eigenvalue weighted by molar-refractivity contribution is 0.485. The normalized spacial score (nSPS) is 11.8. The Labute approximate surface area is 90.5 Å². The van der Waals surface area contributed by atoms with E-state index in [1.54, 1.807) is 0 Å². The van der Waals surface area contributed by atoms with Crippen LogP contribution in [0.15, 0.2) is 12.3 Å². The van der Waals surface area contributed by atoms with Gasteiger partial charge in [-0.05, 0) is 36.4 Å². The van der Waals surface area contributed by atoms with E-state index < -0.39 is 0 Å². The molecule has 0 fully saturated rings. The van der Waals surface area contributed by atoms with Gasteiger partial charge in [-0.15, -0.1) is 0 Å². The molecule has 78 valence electrons. The standard InChI is InChI=1S/C11H17ClN2/c1-8-6-9(7-14-10(8)12)11(2,3)4-5-13/h6-7H,4-5,13H2,1-3H3. The van der Waals surface area contributed by atoms with Crippen LogP contribution in [0.1, 0.15) is 31.4 Å². The first-order chi connectivity index (χ1) is 6.47. The van der Waals surface area contributed by atoms with Gasteiger partial charge in [-0.2, -0.15) is 0 Å². The summed E-state index contributed by atoms with van der Waals surface area (Å²) in [5.41, 5.74) is 7.88. The highest BCUT2D eigenvalue weighted by molar-refractivity contribution is 6.30. The Morgan fingerprint density at radius 2 is 2.14 bits per heavy atom. The zero-order valence-corrected chi connectivity index (χ0v) is 9.73. The fraction of sp³-hybridized carbons (Fsp3) is 0.545. The summed E-state index contributed by atoms with van der Waals surface area (Å²) < 4.78 is 0. The van der Waals surface area contributed by atoms with Gasteiger partial charge in [0.25, 0.3) is 0 Å². The minimum Gasteiger partial charge on any atom is -0.330 e. The number of rotatable bonds is 3. The Bertz CT molecular complexity index is 321. The summed E-state index contributed by atoms with van der Waals surface area (Å²) in [6, 6.07) is 2.09. The molecule has 0 spiro atoms. The number of halogens is 1. The lowest BCUT2D eigenvalue weighted by Gasteiger charge is -2.24. The average Bonchev–Trinajstić information content (AvgIpc) is 2.09. The van der Waals surface area contributed by atoms with Crippen molar-refractivity contribution in [3.05, 3.63) is 28.5 Å². The molecule has 2 nitrogen and oxygen atoms in total. The summed E-state index contributed by atoms with van der Waals surface area (Å²) in [5, 5.41) is 0.581. The molecule has 1 aromatic rings. The van der Waals surface area contributed by atoms with E-state index in [-0.39, 0.29) is 5.41 Å². The predicted molar refractivity (Wildman–Crippen MR) is 60.7 cm³/mol. The molecule has 0 atom stereocenters. The van der Waals surface area contributed by atoms with E-state index >= 15 is 0 Å². The minimum absolute atomic E-state index is 0.0805. The second-order valence-electron chi connectivity index (χ2n) is 4.25. The highest BCUT2D eigenvalue weighted by Crippen LogP contribution is 2.27. The van der Waals surface area contributed by atoms with Crippen molar-refractivity contribution in [1.29, 1.82) is 0 Å². The molecule has 0 amide bonds.